The Hall–Kier alpha value is -0.810. The maximum absolute atomic E-state index is 12.8. The highest BCUT2D eigenvalue weighted by Gasteiger charge is 2.38. The molecule has 5 nitrogen and oxygen atoms in total. The number of amides is 2. The summed E-state index contributed by atoms with van der Waals surface area (Å²) >= 11 is 0. The van der Waals surface area contributed by atoms with Crippen LogP contribution in [0.25, 0.3) is 0 Å². The van der Waals surface area contributed by atoms with Gasteiger partial charge in [0.15, 0.2) is 0 Å². The molecule has 6 heteroatoms. The molecule has 2 amide bonds. The lowest BCUT2D eigenvalue weighted by molar-refractivity contribution is -0.142. The van der Waals surface area contributed by atoms with Gasteiger partial charge in [-0.3, -0.25) is 9.59 Å². The molecule has 0 aromatic rings. The van der Waals surface area contributed by atoms with Gasteiger partial charge in [0.05, 0.1) is 0 Å². The second-order valence-corrected chi connectivity index (χ2v) is 8.46. The Kier molecular flexibility index (Phi) is 9.91. The van der Waals surface area contributed by atoms with Gasteiger partial charge in [0, 0.05) is 44.1 Å². The van der Waals surface area contributed by atoms with E-state index in [2.05, 4.69) is 10.6 Å². The van der Waals surface area contributed by atoms with Crippen LogP contribution in [0.15, 0.2) is 0 Å². The molecule has 1 heterocycles. The highest BCUT2D eigenvalue weighted by atomic mass is 35.5. The number of hydrogen-bond acceptors (Lipinski definition) is 3. The van der Waals surface area contributed by atoms with Crippen LogP contribution in [0.2, 0.25) is 0 Å². The zero-order valence-corrected chi connectivity index (χ0v) is 17.5. The first kappa shape index (κ1) is 22.5. The Balaban J connectivity index is 0.00000261. The second-order valence-electron chi connectivity index (χ2n) is 8.46. The van der Waals surface area contributed by atoms with Crippen molar-refractivity contribution in [2.24, 2.45) is 11.8 Å². The van der Waals surface area contributed by atoms with Gasteiger partial charge >= 0.3 is 0 Å². The van der Waals surface area contributed by atoms with Gasteiger partial charge in [-0.15, -0.1) is 12.4 Å². The van der Waals surface area contributed by atoms with E-state index in [1.54, 1.807) is 0 Å². The zero-order valence-electron chi connectivity index (χ0n) is 16.7. The number of hydrogen-bond donors (Lipinski definition) is 2. The molecule has 0 aromatic carbocycles. The van der Waals surface area contributed by atoms with Crippen molar-refractivity contribution in [1.82, 2.24) is 15.5 Å². The third-order valence-electron chi connectivity index (χ3n) is 6.55. The Morgan fingerprint density at radius 3 is 2.00 bits per heavy atom. The van der Waals surface area contributed by atoms with E-state index >= 15 is 0 Å². The molecule has 2 unspecified atom stereocenters. The minimum Gasteiger partial charge on any atom is -0.355 e. The lowest BCUT2D eigenvalue weighted by atomic mass is 9.78. The molecule has 0 aromatic heterocycles. The summed E-state index contributed by atoms with van der Waals surface area (Å²) in [6.45, 7) is 3.29. The number of halogens is 1. The fourth-order valence-corrected chi connectivity index (χ4v) is 4.99. The Morgan fingerprint density at radius 1 is 0.741 bits per heavy atom. The number of nitrogens with zero attached hydrogens (tertiary/aromatic N) is 1. The lowest BCUT2D eigenvalue weighted by Crippen LogP contribution is -2.46. The van der Waals surface area contributed by atoms with Crippen molar-refractivity contribution < 1.29 is 9.59 Å². The van der Waals surface area contributed by atoms with Crippen molar-refractivity contribution in [3.05, 3.63) is 0 Å². The highest BCUT2D eigenvalue weighted by Crippen LogP contribution is 2.32. The molecule has 0 radical (unpaired) electrons. The molecule has 2 saturated carbocycles. The first-order valence-corrected chi connectivity index (χ1v) is 11.1. The first-order chi connectivity index (χ1) is 12.8. The number of nitrogens with one attached hydrogen (secondary N) is 2. The van der Waals surface area contributed by atoms with Gasteiger partial charge in [0.25, 0.3) is 0 Å². The van der Waals surface area contributed by atoms with Crippen molar-refractivity contribution in [2.75, 3.05) is 26.2 Å². The van der Waals surface area contributed by atoms with Crippen LogP contribution in [0.4, 0.5) is 0 Å². The van der Waals surface area contributed by atoms with E-state index in [1.165, 1.54) is 38.5 Å². The predicted octanol–water partition coefficient (Wildman–Crippen LogP) is 3.27. The summed E-state index contributed by atoms with van der Waals surface area (Å²) in [5.74, 6) is 0.134. The fourth-order valence-electron chi connectivity index (χ4n) is 4.99. The Bertz CT molecular complexity index is 460. The molecule has 2 N–H and O–H groups in total. The van der Waals surface area contributed by atoms with Crippen LogP contribution in [-0.4, -0.2) is 48.9 Å². The summed E-state index contributed by atoms with van der Waals surface area (Å²) in [6.07, 6.45) is 14.0. The molecule has 156 valence electrons. The Labute approximate surface area is 170 Å². The fraction of sp³-hybridized carbons (Fsp3) is 0.905. The minimum atomic E-state index is -0.116. The van der Waals surface area contributed by atoms with E-state index in [9.17, 15) is 9.59 Å². The van der Waals surface area contributed by atoms with Crippen LogP contribution in [0.5, 0.6) is 0 Å². The molecule has 0 bridgehead atoms. The standard InChI is InChI=1S/C21H37N3O2.ClH/c25-20(23-14-13-22-17-9-3-1-2-4-10-17)18-11-5-6-12-19(18)21(26)24-15-7-8-16-24;/h17-19,22H,1-16H2,(H,23,25);1H. The molecular weight excluding hydrogens is 362 g/mol. The molecule has 2 atom stereocenters. The van der Waals surface area contributed by atoms with Crippen LogP contribution in [0.3, 0.4) is 0 Å². The summed E-state index contributed by atoms with van der Waals surface area (Å²) in [4.78, 5) is 27.5. The van der Waals surface area contributed by atoms with E-state index < -0.39 is 0 Å². The SMILES string of the molecule is Cl.O=C(NCCNC1CCCCCC1)C1CCCCC1C(=O)N1CCCC1. The molecular formula is C21H38ClN3O2. The predicted molar refractivity (Wildman–Crippen MR) is 111 cm³/mol. The molecule has 3 rings (SSSR count). The molecule has 2 aliphatic carbocycles. The number of carbonyl (C=O) groups excluding carboxylic acids is 2. The smallest absolute Gasteiger partial charge is 0.226 e. The summed E-state index contributed by atoms with van der Waals surface area (Å²) in [6, 6.07) is 0.619. The average Bonchev–Trinajstić information content (AvgIpc) is 3.09. The van der Waals surface area contributed by atoms with E-state index in [0.29, 0.717) is 12.6 Å². The van der Waals surface area contributed by atoms with Crippen molar-refractivity contribution in [1.29, 1.82) is 0 Å². The third kappa shape index (κ3) is 6.63. The van der Waals surface area contributed by atoms with Gasteiger partial charge in [-0.25, -0.2) is 0 Å². The van der Waals surface area contributed by atoms with Crippen molar-refractivity contribution in [3.63, 3.8) is 0 Å². The normalized spacial score (nSPS) is 26.9. The number of rotatable bonds is 6. The van der Waals surface area contributed by atoms with Crippen molar-refractivity contribution in [2.45, 2.75) is 83.1 Å². The van der Waals surface area contributed by atoms with Crippen LogP contribution in [0, 0.1) is 11.8 Å². The van der Waals surface area contributed by atoms with Gasteiger partial charge in [-0.05, 0) is 38.5 Å². The minimum absolute atomic E-state index is 0. The van der Waals surface area contributed by atoms with E-state index in [4.69, 9.17) is 0 Å². The first-order valence-electron chi connectivity index (χ1n) is 11.1. The summed E-state index contributed by atoms with van der Waals surface area (Å²) in [5, 5.41) is 6.72. The van der Waals surface area contributed by atoms with Crippen LogP contribution >= 0.6 is 12.4 Å². The van der Waals surface area contributed by atoms with Gasteiger partial charge in [0.2, 0.25) is 11.8 Å². The lowest BCUT2D eigenvalue weighted by Gasteiger charge is -2.32. The largest absolute Gasteiger partial charge is 0.355 e. The molecule has 0 spiro atoms. The highest BCUT2D eigenvalue weighted by molar-refractivity contribution is 5.88. The van der Waals surface area contributed by atoms with E-state index in [-0.39, 0.29) is 36.1 Å². The third-order valence-corrected chi connectivity index (χ3v) is 6.55. The number of carbonyl (C=O) groups is 2. The maximum Gasteiger partial charge on any atom is 0.226 e. The van der Waals surface area contributed by atoms with Gasteiger partial charge in [-0.2, -0.15) is 0 Å². The monoisotopic (exact) mass is 399 g/mol. The van der Waals surface area contributed by atoms with E-state index in [1.807, 2.05) is 4.90 Å². The van der Waals surface area contributed by atoms with Crippen LogP contribution in [-0.2, 0) is 9.59 Å². The molecule has 1 aliphatic heterocycles. The van der Waals surface area contributed by atoms with Gasteiger partial charge in [0.1, 0.15) is 0 Å². The maximum atomic E-state index is 12.8. The van der Waals surface area contributed by atoms with Gasteiger partial charge in [-0.1, -0.05) is 38.5 Å². The van der Waals surface area contributed by atoms with Gasteiger partial charge < -0.3 is 15.5 Å². The molecule has 1 saturated heterocycles. The molecule has 3 fully saturated rings. The van der Waals surface area contributed by atoms with E-state index in [0.717, 1.165) is 58.2 Å². The molecule has 3 aliphatic rings. The van der Waals surface area contributed by atoms with Crippen molar-refractivity contribution >= 4 is 24.2 Å². The second kappa shape index (κ2) is 11.9. The number of likely N-dealkylation sites (tertiary alicyclic amines) is 1. The van der Waals surface area contributed by atoms with Crippen LogP contribution in [0.1, 0.15) is 77.0 Å². The molecule has 27 heavy (non-hydrogen) atoms. The van der Waals surface area contributed by atoms with Crippen molar-refractivity contribution in [3.8, 4) is 0 Å². The Morgan fingerprint density at radius 2 is 1.33 bits per heavy atom. The summed E-state index contributed by atoms with van der Waals surface area (Å²) in [5.41, 5.74) is 0. The van der Waals surface area contributed by atoms with Crippen LogP contribution < -0.4 is 10.6 Å². The topological polar surface area (TPSA) is 61.4 Å². The average molecular weight is 400 g/mol. The summed E-state index contributed by atoms with van der Waals surface area (Å²) in [7, 11) is 0. The summed E-state index contributed by atoms with van der Waals surface area (Å²) < 4.78 is 0. The quantitative estimate of drug-likeness (QED) is 0.532. The zero-order chi connectivity index (χ0) is 18.2.